The van der Waals surface area contributed by atoms with Crippen LogP contribution in [0.5, 0.6) is 40.2 Å². The summed E-state index contributed by atoms with van der Waals surface area (Å²) < 4.78 is 22.9. The van der Waals surface area contributed by atoms with Crippen molar-refractivity contribution in [1.82, 2.24) is 0 Å². The number of methoxy groups -OCH3 is 2. The van der Waals surface area contributed by atoms with Crippen LogP contribution in [0.25, 0.3) is 12.2 Å². The van der Waals surface area contributed by atoms with Crippen molar-refractivity contribution in [3.05, 3.63) is 65.2 Å². The Hall–Kier alpha value is -4.04. The molecule has 4 rings (SSSR count). The molecule has 0 aliphatic carbocycles. The lowest BCUT2D eigenvalue weighted by atomic mass is 10.0. The predicted molar refractivity (Wildman–Crippen MR) is 123 cm³/mol. The van der Waals surface area contributed by atoms with E-state index in [0.717, 1.165) is 5.56 Å². The average molecular weight is 451 g/mol. The third-order valence-electron chi connectivity index (χ3n) is 5.29. The van der Waals surface area contributed by atoms with Crippen molar-refractivity contribution in [2.75, 3.05) is 20.8 Å². The van der Waals surface area contributed by atoms with Gasteiger partial charge in [0.1, 0.15) is 11.5 Å². The fraction of sp³-hybridized carbons (Fsp3) is 0.200. The minimum absolute atomic E-state index is 0.0211. The molecule has 8 heteroatoms. The molecule has 172 valence electrons. The molecule has 5 N–H and O–H groups in total. The molecular formula is C25H25NO7. The number of phenolic OH excluding ortho intramolecular Hbond substituents is 3. The summed E-state index contributed by atoms with van der Waals surface area (Å²) >= 11 is 0. The van der Waals surface area contributed by atoms with E-state index in [2.05, 4.69) is 0 Å². The molecule has 1 heterocycles. The number of hydrogen-bond acceptors (Lipinski definition) is 8. The first kappa shape index (κ1) is 22.2. The van der Waals surface area contributed by atoms with Crippen LogP contribution in [0.2, 0.25) is 0 Å². The number of benzene rings is 3. The molecule has 8 nitrogen and oxygen atoms in total. The molecule has 1 aliphatic rings. The number of fused-ring (bicyclic) bond motifs is 1. The highest BCUT2D eigenvalue weighted by molar-refractivity contribution is 5.72. The molecule has 3 aromatic carbocycles. The number of rotatable bonds is 6. The van der Waals surface area contributed by atoms with E-state index in [0.29, 0.717) is 22.6 Å². The SMILES string of the molecule is COc1cc([C@@H]2Oc3cc(/C=C/c4cc(O)cc(O)c4)ccc3O[C@H]2CN)cc(OC)c1O. The third kappa shape index (κ3) is 4.61. The summed E-state index contributed by atoms with van der Waals surface area (Å²) in [6, 6.07) is 13.2. The van der Waals surface area contributed by atoms with Crippen LogP contribution in [0.1, 0.15) is 22.8 Å². The molecule has 0 radical (unpaired) electrons. The van der Waals surface area contributed by atoms with Gasteiger partial charge < -0.3 is 40.0 Å². The van der Waals surface area contributed by atoms with Gasteiger partial charge in [-0.15, -0.1) is 0 Å². The summed E-state index contributed by atoms with van der Waals surface area (Å²) in [4.78, 5) is 0. The van der Waals surface area contributed by atoms with Crippen molar-refractivity contribution in [2.45, 2.75) is 12.2 Å². The van der Waals surface area contributed by atoms with Crippen molar-refractivity contribution in [1.29, 1.82) is 0 Å². The lowest BCUT2D eigenvalue weighted by Gasteiger charge is -2.34. The van der Waals surface area contributed by atoms with E-state index in [-0.39, 0.29) is 35.3 Å². The summed E-state index contributed by atoms with van der Waals surface area (Å²) in [6.45, 7) is 0.207. The first-order valence-corrected chi connectivity index (χ1v) is 10.2. The predicted octanol–water partition coefficient (Wildman–Crippen LogP) is 3.83. The van der Waals surface area contributed by atoms with Gasteiger partial charge in [0.05, 0.1) is 14.2 Å². The van der Waals surface area contributed by atoms with Gasteiger partial charge >= 0.3 is 0 Å². The lowest BCUT2D eigenvalue weighted by Crippen LogP contribution is -2.39. The summed E-state index contributed by atoms with van der Waals surface area (Å²) in [6.07, 6.45) is 2.57. The average Bonchev–Trinajstić information content (AvgIpc) is 2.81. The fourth-order valence-corrected chi connectivity index (χ4v) is 3.69. The Labute approximate surface area is 191 Å². The van der Waals surface area contributed by atoms with Crippen molar-refractivity contribution in [3.8, 4) is 40.2 Å². The van der Waals surface area contributed by atoms with Gasteiger partial charge in [-0.25, -0.2) is 0 Å². The molecule has 0 unspecified atom stereocenters. The zero-order valence-electron chi connectivity index (χ0n) is 18.2. The number of nitrogens with two attached hydrogens (primary N) is 1. The van der Waals surface area contributed by atoms with E-state index in [1.54, 1.807) is 36.4 Å². The van der Waals surface area contributed by atoms with Gasteiger partial charge in [0, 0.05) is 18.2 Å². The molecule has 0 amide bonds. The highest BCUT2D eigenvalue weighted by atomic mass is 16.6. The van der Waals surface area contributed by atoms with Crippen LogP contribution in [0.15, 0.2) is 48.5 Å². The molecule has 0 saturated heterocycles. The Morgan fingerprint density at radius 1 is 0.818 bits per heavy atom. The normalized spacial score (nSPS) is 17.2. The van der Waals surface area contributed by atoms with Gasteiger partial charge in [-0.05, 0) is 47.5 Å². The standard InChI is InChI=1S/C25H25NO7/c1-30-21-10-16(11-22(31-2)24(21)29)25-23(13-26)32-19-6-5-14(9-20(19)33-25)3-4-15-7-17(27)12-18(28)8-15/h3-12,23,25,27-29H,13,26H2,1-2H3/b4-3+/t23-,25-/m0/s1. The zero-order valence-corrected chi connectivity index (χ0v) is 18.2. The van der Waals surface area contributed by atoms with Gasteiger partial charge in [0.15, 0.2) is 35.2 Å². The number of hydrogen-bond donors (Lipinski definition) is 4. The molecule has 0 aromatic heterocycles. The first-order valence-electron chi connectivity index (χ1n) is 10.2. The van der Waals surface area contributed by atoms with Gasteiger partial charge in [-0.1, -0.05) is 18.2 Å². The molecule has 0 saturated carbocycles. The van der Waals surface area contributed by atoms with Gasteiger partial charge in [-0.3, -0.25) is 0 Å². The Kier molecular flexibility index (Phi) is 6.19. The van der Waals surface area contributed by atoms with E-state index in [4.69, 9.17) is 24.7 Å². The number of ether oxygens (including phenoxy) is 4. The molecule has 2 atom stereocenters. The van der Waals surface area contributed by atoms with E-state index < -0.39 is 12.2 Å². The molecular weight excluding hydrogens is 426 g/mol. The van der Waals surface area contributed by atoms with Crippen LogP contribution >= 0.6 is 0 Å². The van der Waals surface area contributed by atoms with Crippen molar-refractivity contribution >= 4 is 12.2 Å². The van der Waals surface area contributed by atoms with E-state index in [1.165, 1.54) is 20.3 Å². The van der Waals surface area contributed by atoms with Gasteiger partial charge in [0.25, 0.3) is 0 Å². The maximum absolute atomic E-state index is 10.2. The van der Waals surface area contributed by atoms with Gasteiger partial charge in [-0.2, -0.15) is 0 Å². The van der Waals surface area contributed by atoms with Crippen molar-refractivity contribution < 1.29 is 34.3 Å². The van der Waals surface area contributed by atoms with Gasteiger partial charge in [0.2, 0.25) is 5.75 Å². The molecule has 0 spiro atoms. The minimum atomic E-state index is -0.562. The summed E-state index contributed by atoms with van der Waals surface area (Å²) in [7, 11) is 2.91. The zero-order chi connectivity index (χ0) is 23.5. The number of aromatic hydroxyl groups is 3. The highest BCUT2D eigenvalue weighted by Crippen LogP contribution is 2.44. The van der Waals surface area contributed by atoms with E-state index in [1.807, 2.05) is 18.2 Å². The first-order chi connectivity index (χ1) is 15.9. The maximum atomic E-state index is 10.2. The summed E-state index contributed by atoms with van der Waals surface area (Å²) in [5, 5.41) is 29.5. The van der Waals surface area contributed by atoms with Crippen LogP contribution in [0, 0.1) is 0 Å². The Morgan fingerprint density at radius 3 is 2.06 bits per heavy atom. The monoisotopic (exact) mass is 451 g/mol. The van der Waals surface area contributed by atoms with Crippen molar-refractivity contribution in [2.24, 2.45) is 5.73 Å². The smallest absolute Gasteiger partial charge is 0.200 e. The summed E-state index contributed by atoms with van der Waals surface area (Å²) in [5.41, 5.74) is 8.11. The molecule has 1 aliphatic heterocycles. The second kappa shape index (κ2) is 9.22. The van der Waals surface area contributed by atoms with Crippen LogP contribution in [-0.4, -0.2) is 42.2 Å². The fourth-order valence-electron chi connectivity index (χ4n) is 3.69. The third-order valence-corrected chi connectivity index (χ3v) is 5.29. The Morgan fingerprint density at radius 2 is 1.45 bits per heavy atom. The molecule has 3 aromatic rings. The molecule has 0 bridgehead atoms. The van der Waals surface area contributed by atoms with Crippen LogP contribution in [0.3, 0.4) is 0 Å². The topological polar surface area (TPSA) is 124 Å². The summed E-state index contributed by atoms with van der Waals surface area (Å²) in [5.74, 6) is 1.44. The second-order valence-electron chi connectivity index (χ2n) is 7.53. The Bertz CT molecular complexity index is 1150. The Balaban J connectivity index is 1.65. The van der Waals surface area contributed by atoms with Crippen LogP contribution in [-0.2, 0) is 0 Å². The lowest BCUT2D eigenvalue weighted by molar-refractivity contribution is 0.0246. The van der Waals surface area contributed by atoms with Crippen molar-refractivity contribution in [3.63, 3.8) is 0 Å². The second-order valence-corrected chi connectivity index (χ2v) is 7.53. The quantitative estimate of drug-likeness (QED) is 0.417. The van der Waals surface area contributed by atoms with Crippen LogP contribution in [0.4, 0.5) is 0 Å². The number of phenols is 3. The molecule has 0 fully saturated rings. The van der Waals surface area contributed by atoms with E-state index in [9.17, 15) is 15.3 Å². The highest BCUT2D eigenvalue weighted by Gasteiger charge is 2.33. The van der Waals surface area contributed by atoms with E-state index >= 15 is 0 Å². The molecule has 33 heavy (non-hydrogen) atoms. The van der Waals surface area contributed by atoms with Crippen LogP contribution < -0.4 is 24.7 Å². The minimum Gasteiger partial charge on any atom is -0.508 e. The maximum Gasteiger partial charge on any atom is 0.200 e. The largest absolute Gasteiger partial charge is 0.508 e.